The van der Waals surface area contributed by atoms with Crippen molar-refractivity contribution in [1.82, 2.24) is 4.90 Å². The fourth-order valence-corrected chi connectivity index (χ4v) is 1.49. The molecule has 0 aliphatic carbocycles. The first-order valence-electron chi connectivity index (χ1n) is 5.80. The van der Waals surface area contributed by atoms with E-state index in [0.29, 0.717) is 19.5 Å². The van der Waals surface area contributed by atoms with Crippen LogP contribution in [0.15, 0.2) is 0 Å². The van der Waals surface area contributed by atoms with Gasteiger partial charge in [0.1, 0.15) is 6.04 Å². The Hall–Kier alpha value is -0.610. The maximum Gasteiger partial charge on any atom is 0.321 e. The number of hydrogen-bond acceptors (Lipinski definition) is 3. The molecule has 4 heteroatoms. The first-order valence-corrected chi connectivity index (χ1v) is 5.80. The summed E-state index contributed by atoms with van der Waals surface area (Å²) in [5.74, 6) is -0.830. The second-order valence-corrected chi connectivity index (χ2v) is 2.83. The molecule has 2 N–H and O–H groups in total. The molecule has 2 atom stereocenters. The number of likely N-dealkylation sites (N-methyl/N-ethyl adjacent to an activating group) is 1. The van der Waals surface area contributed by atoms with E-state index in [0.717, 1.165) is 0 Å². The van der Waals surface area contributed by atoms with Gasteiger partial charge in [-0.2, -0.15) is 0 Å². The SMILES string of the molecule is CC.CC.CCN1CC(O)CC1C(=O)O. The van der Waals surface area contributed by atoms with Gasteiger partial charge >= 0.3 is 5.97 Å². The number of β-amino-alcohol motifs (C(OH)–C–C–N with tert-alkyl or cyclic N) is 1. The van der Waals surface area contributed by atoms with Crippen molar-refractivity contribution in [1.29, 1.82) is 0 Å². The number of nitrogens with zero attached hydrogens (tertiary/aromatic N) is 1. The molecule has 1 fully saturated rings. The smallest absolute Gasteiger partial charge is 0.321 e. The molecule has 1 aliphatic rings. The zero-order valence-electron chi connectivity index (χ0n) is 10.5. The van der Waals surface area contributed by atoms with E-state index >= 15 is 0 Å². The van der Waals surface area contributed by atoms with E-state index in [1.807, 2.05) is 34.6 Å². The molecular weight excluding hydrogens is 194 g/mol. The summed E-state index contributed by atoms with van der Waals surface area (Å²) in [6.07, 6.45) is -0.0977. The van der Waals surface area contributed by atoms with Crippen molar-refractivity contribution in [3.05, 3.63) is 0 Å². The average Bonchev–Trinajstić information content (AvgIpc) is 2.65. The Morgan fingerprint density at radius 2 is 1.80 bits per heavy atom. The lowest BCUT2D eigenvalue weighted by Crippen LogP contribution is -2.35. The highest BCUT2D eigenvalue weighted by Crippen LogP contribution is 2.16. The Bertz CT molecular complexity index is 162. The average molecular weight is 219 g/mol. The molecule has 1 heterocycles. The number of carbonyl (C=O) groups is 1. The predicted molar refractivity (Wildman–Crippen MR) is 62.0 cm³/mol. The molecule has 0 bridgehead atoms. The lowest BCUT2D eigenvalue weighted by atomic mass is 10.2. The van der Waals surface area contributed by atoms with Gasteiger partial charge in [0.05, 0.1) is 6.10 Å². The molecule has 0 aromatic rings. The molecule has 2 unspecified atom stereocenters. The molecule has 0 aromatic carbocycles. The summed E-state index contributed by atoms with van der Waals surface area (Å²) in [5.41, 5.74) is 0. The minimum atomic E-state index is -0.830. The van der Waals surface area contributed by atoms with Gasteiger partial charge in [0, 0.05) is 13.0 Å². The Kier molecular flexibility index (Phi) is 11.1. The molecule has 1 rings (SSSR count). The van der Waals surface area contributed by atoms with Gasteiger partial charge in [-0.3, -0.25) is 9.69 Å². The van der Waals surface area contributed by atoms with Gasteiger partial charge in [0.25, 0.3) is 0 Å². The van der Waals surface area contributed by atoms with E-state index in [1.54, 1.807) is 4.90 Å². The lowest BCUT2D eigenvalue weighted by Gasteiger charge is -2.17. The molecule has 1 saturated heterocycles. The van der Waals surface area contributed by atoms with Crippen LogP contribution in [0, 0.1) is 0 Å². The monoisotopic (exact) mass is 219 g/mol. The summed E-state index contributed by atoms with van der Waals surface area (Å²) in [4.78, 5) is 12.3. The zero-order valence-corrected chi connectivity index (χ0v) is 10.5. The highest BCUT2D eigenvalue weighted by atomic mass is 16.4. The zero-order chi connectivity index (χ0) is 12.4. The minimum Gasteiger partial charge on any atom is -0.480 e. The molecule has 0 radical (unpaired) electrons. The topological polar surface area (TPSA) is 60.8 Å². The number of aliphatic carboxylic acids is 1. The second kappa shape index (κ2) is 9.93. The number of hydrogen-bond donors (Lipinski definition) is 2. The van der Waals surface area contributed by atoms with Crippen LogP contribution in [-0.2, 0) is 4.79 Å². The van der Waals surface area contributed by atoms with Crippen molar-refractivity contribution in [2.24, 2.45) is 0 Å². The number of likely N-dealkylation sites (tertiary alicyclic amines) is 1. The van der Waals surface area contributed by atoms with E-state index in [-0.39, 0.29) is 0 Å². The Balaban J connectivity index is 0. The summed E-state index contributed by atoms with van der Waals surface area (Å²) in [6, 6.07) is -0.477. The first kappa shape index (κ1) is 16.8. The number of aliphatic hydroxyl groups excluding tert-OH is 1. The number of carboxylic acid groups (broad SMARTS) is 1. The van der Waals surface area contributed by atoms with Gasteiger partial charge in [-0.15, -0.1) is 0 Å². The largest absolute Gasteiger partial charge is 0.480 e. The second-order valence-electron chi connectivity index (χ2n) is 2.83. The molecule has 15 heavy (non-hydrogen) atoms. The summed E-state index contributed by atoms with van der Waals surface area (Å²) in [6.45, 7) is 11.1. The Labute approximate surface area is 92.9 Å². The first-order chi connectivity index (χ1) is 7.15. The van der Waals surface area contributed by atoms with Crippen LogP contribution in [0.2, 0.25) is 0 Å². The minimum absolute atomic E-state index is 0.364. The molecule has 4 nitrogen and oxygen atoms in total. The maximum atomic E-state index is 10.6. The number of aliphatic hydroxyl groups is 1. The highest BCUT2D eigenvalue weighted by Gasteiger charge is 2.34. The van der Waals surface area contributed by atoms with Crippen LogP contribution < -0.4 is 0 Å². The van der Waals surface area contributed by atoms with Gasteiger partial charge in [0.15, 0.2) is 0 Å². The number of rotatable bonds is 2. The Morgan fingerprint density at radius 3 is 2.07 bits per heavy atom. The third-order valence-corrected chi connectivity index (χ3v) is 2.07. The van der Waals surface area contributed by atoms with Crippen LogP contribution in [0.4, 0.5) is 0 Å². The maximum absolute atomic E-state index is 10.6. The van der Waals surface area contributed by atoms with Gasteiger partial charge < -0.3 is 10.2 Å². The highest BCUT2D eigenvalue weighted by molar-refractivity contribution is 5.73. The fraction of sp³-hybridized carbons (Fsp3) is 0.909. The van der Waals surface area contributed by atoms with Crippen molar-refractivity contribution < 1.29 is 15.0 Å². The van der Waals surface area contributed by atoms with Gasteiger partial charge in [-0.25, -0.2) is 0 Å². The van der Waals surface area contributed by atoms with Crippen LogP contribution in [0.5, 0.6) is 0 Å². The van der Waals surface area contributed by atoms with Crippen molar-refractivity contribution in [2.75, 3.05) is 13.1 Å². The molecular formula is C11H25NO3. The summed E-state index contributed by atoms with van der Waals surface area (Å²) < 4.78 is 0. The van der Waals surface area contributed by atoms with Crippen molar-refractivity contribution in [3.8, 4) is 0 Å². The van der Waals surface area contributed by atoms with Crippen LogP contribution in [-0.4, -0.2) is 46.3 Å². The van der Waals surface area contributed by atoms with Gasteiger partial charge in [-0.05, 0) is 6.54 Å². The van der Waals surface area contributed by atoms with E-state index in [9.17, 15) is 4.79 Å². The molecule has 1 aliphatic heterocycles. The fourth-order valence-electron chi connectivity index (χ4n) is 1.49. The standard InChI is InChI=1S/C7H13NO3.2C2H6/c1-2-8-4-5(9)3-6(8)7(10)11;2*1-2/h5-6,9H,2-4H2,1H3,(H,10,11);2*1-2H3. The molecule has 0 aromatic heterocycles. The molecule has 92 valence electrons. The lowest BCUT2D eigenvalue weighted by molar-refractivity contribution is -0.142. The van der Waals surface area contributed by atoms with Crippen LogP contribution in [0.3, 0.4) is 0 Å². The number of carboxylic acids is 1. The van der Waals surface area contributed by atoms with Crippen molar-refractivity contribution in [3.63, 3.8) is 0 Å². The quantitative estimate of drug-likeness (QED) is 0.740. The van der Waals surface area contributed by atoms with E-state index in [4.69, 9.17) is 10.2 Å². The van der Waals surface area contributed by atoms with Crippen LogP contribution >= 0.6 is 0 Å². The predicted octanol–water partition coefficient (Wildman–Crippen LogP) is 1.58. The summed E-state index contributed by atoms with van der Waals surface area (Å²) in [5, 5.41) is 17.8. The van der Waals surface area contributed by atoms with Crippen molar-refractivity contribution in [2.45, 2.75) is 53.2 Å². The van der Waals surface area contributed by atoms with E-state index in [1.165, 1.54) is 0 Å². The molecule has 0 saturated carbocycles. The summed E-state index contributed by atoms with van der Waals surface area (Å²) in [7, 11) is 0. The molecule has 0 spiro atoms. The van der Waals surface area contributed by atoms with Gasteiger partial charge in [-0.1, -0.05) is 34.6 Å². The Morgan fingerprint density at radius 1 is 1.33 bits per heavy atom. The normalized spacial score (nSPS) is 24.7. The van der Waals surface area contributed by atoms with Gasteiger partial charge in [0.2, 0.25) is 0 Å². The summed E-state index contributed by atoms with van der Waals surface area (Å²) >= 11 is 0. The van der Waals surface area contributed by atoms with E-state index < -0.39 is 18.1 Å². The van der Waals surface area contributed by atoms with Crippen LogP contribution in [0.25, 0.3) is 0 Å². The van der Waals surface area contributed by atoms with Crippen LogP contribution in [0.1, 0.15) is 41.0 Å². The molecule has 0 amide bonds. The third-order valence-electron chi connectivity index (χ3n) is 2.07. The third kappa shape index (κ3) is 5.74. The van der Waals surface area contributed by atoms with E-state index in [2.05, 4.69) is 0 Å². The van der Waals surface area contributed by atoms with Crippen molar-refractivity contribution >= 4 is 5.97 Å².